The molecule has 2 aliphatic heterocycles. The molecule has 9 heteroatoms. The van der Waals surface area contributed by atoms with Crippen molar-refractivity contribution in [2.45, 2.75) is 82.5 Å². The molecule has 1 saturated carbocycles. The Bertz CT molecular complexity index is 1540. The molecule has 0 bridgehead atoms. The Morgan fingerprint density at radius 1 is 0.804 bits per heavy atom. The summed E-state index contributed by atoms with van der Waals surface area (Å²) in [5.74, 6) is 0.0624. The summed E-state index contributed by atoms with van der Waals surface area (Å²) in [7, 11) is 1.27. The number of ether oxygens (including phenoxy) is 1. The van der Waals surface area contributed by atoms with E-state index in [9.17, 15) is 14.4 Å². The average molecular weight is 624 g/mol. The molecule has 2 heterocycles. The fourth-order valence-corrected chi connectivity index (χ4v) is 7.07. The summed E-state index contributed by atoms with van der Waals surface area (Å²) in [4.78, 5) is 42.9. The van der Waals surface area contributed by atoms with Gasteiger partial charge in [-0.2, -0.15) is 0 Å². The standard InChI is InChI=1S/C37H45N5O4/c1-23(2)34(40-37(45)46-3)36(44)41-22-4-5-33(41)35(43)39-29-16-10-27(11-17-29)32-21-20-31(26-8-14-28(38)15-9-26)42(32)30-18-12-25(13-19-30)24-6-7-24/h8-19,23-24,31-34H,4-7,20-22,38H2,1-3H3,(H,39,43)(H,40,45)/t31-,32-,33+,34+/m1/s1. The Morgan fingerprint density at radius 2 is 1.39 bits per heavy atom. The van der Waals surface area contributed by atoms with Gasteiger partial charge in [-0.15, -0.1) is 0 Å². The highest BCUT2D eigenvalue weighted by atomic mass is 16.5. The van der Waals surface area contributed by atoms with Crippen molar-refractivity contribution in [3.63, 3.8) is 0 Å². The van der Waals surface area contributed by atoms with Crippen molar-refractivity contribution in [3.8, 4) is 0 Å². The quantitative estimate of drug-likeness (QED) is 0.233. The summed E-state index contributed by atoms with van der Waals surface area (Å²) in [6, 6.07) is 24.5. The number of benzene rings is 3. The number of nitrogens with two attached hydrogens (primary N) is 1. The van der Waals surface area contributed by atoms with E-state index in [-0.39, 0.29) is 29.8 Å². The third-order valence-corrected chi connectivity index (χ3v) is 9.74. The van der Waals surface area contributed by atoms with Crippen molar-refractivity contribution < 1.29 is 19.1 Å². The highest BCUT2D eigenvalue weighted by Gasteiger charge is 2.39. The van der Waals surface area contributed by atoms with Crippen molar-refractivity contribution in [1.29, 1.82) is 0 Å². The molecule has 3 aliphatic rings. The van der Waals surface area contributed by atoms with E-state index in [1.165, 1.54) is 42.3 Å². The molecular formula is C37H45N5O4. The lowest BCUT2D eigenvalue weighted by Gasteiger charge is -2.33. The minimum Gasteiger partial charge on any atom is -0.453 e. The molecule has 3 amide bonds. The van der Waals surface area contributed by atoms with Crippen LogP contribution in [0.2, 0.25) is 0 Å². The minimum atomic E-state index is -0.767. The van der Waals surface area contributed by atoms with Gasteiger partial charge in [-0.05, 0) is 103 Å². The van der Waals surface area contributed by atoms with Crippen molar-refractivity contribution in [1.82, 2.24) is 10.2 Å². The van der Waals surface area contributed by atoms with E-state index in [2.05, 4.69) is 64.1 Å². The normalized spacial score (nSPS) is 21.7. The first kappa shape index (κ1) is 31.5. The van der Waals surface area contributed by atoms with Crippen molar-refractivity contribution >= 4 is 35.0 Å². The topological polar surface area (TPSA) is 117 Å². The molecule has 3 aromatic rings. The van der Waals surface area contributed by atoms with Crippen LogP contribution in [0.25, 0.3) is 0 Å². The van der Waals surface area contributed by atoms with Gasteiger partial charge >= 0.3 is 6.09 Å². The molecular weight excluding hydrogens is 578 g/mol. The number of anilines is 3. The maximum absolute atomic E-state index is 13.4. The molecule has 0 spiro atoms. The molecule has 0 radical (unpaired) electrons. The molecule has 0 aromatic heterocycles. The number of alkyl carbamates (subject to hydrolysis) is 1. The molecule has 6 rings (SSSR count). The van der Waals surface area contributed by atoms with Gasteiger partial charge in [0.1, 0.15) is 12.1 Å². The first-order valence-corrected chi connectivity index (χ1v) is 16.5. The summed E-state index contributed by atoms with van der Waals surface area (Å²) < 4.78 is 4.72. The molecule has 3 aromatic carbocycles. The fraction of sp³-hybridized carbons (Fsp3) is 0.432. The van der Waals surface area contributed by atoms with Gasteiger partial charge < -0.3 is 30.9 Å². The first-order chi connectivity index (χ1) is 22.2. The van der Waals surface area contributed by atoms with Gasteiger partial charge in [0.2, 0.25) is 11.8 Å². The minimum absolute atomic E-state index is 0.158. The molecule has 9 nitrogen and oxygen atoms in total. The van der Waals surface area contributed by atoms with Crippen LogP contribution in [0.5, 0.6) is 0 Å². The summed E-state index contributed by atoms with van der Waals surface area (Å²) in [6.07, 6.45) is 5.21. The average Bonchev–Trinajstić information content (AvgIpc) is 3.62. The number of nitrogen functional groups attached to an aromatic ring is 1. The zero-order valence-corrected chi connectivity index (χ0v) is 26.9. The number of nitrogens with one attached hydrogen (secondary N) is 2. The number of carbonyl (C=O) groups excluding carboxylic acids is 3. The van der Waals surface area contributed by atoms with E-state index in [1.807, 2.05) is 38.1 Å². The smallest absolute Gasteiger partial charge is 0.407 e. The number of nitrogens with zero attached hydrogens (tertiary/aromatic N) is 2. The van der Waals surface area contributed by atoms with Crippen LogP contribution < -0.4 is 21.3 Å². The van der Waals surface area contributed by atoms with Crippen LogP contribution >= 0.6 is 0 Å². The maximum Gasteiger partial charge on any atom is 0.407 e. The predicted octanol–water partition coefficient (Wildman–Crippen LogP) is 6.54. The van der Waals surface area contributed by atoms with Crippen LogP contribution in [0.3, 0.4) is 0 Å². The lowest BCUT2D eigenvalue weighted by molar-refractivity contribution is -0.139. The van der Waals surface area contributed by atoms with Crippen LogP contribution in [-0.4, -0.2) is 48.5 Å². The predicted molar refractivity (Wildman–Crippen MR) is 180 cm³/mol. The van der Waals surface area contributed by atoms with Gasteiger partial charge in [-0.1, -0.05) is 50.2 Å². The highest BCUT2D eigenvalue weighted by Crippen LogP contribution is 2.48. The van der Waals surface area contributed by atoms with E-state index < -0.39 is 18.2 Å². The van der Waals surface area contributed by atoms with Crippen LogP contribution in [-0.2, 0) is 14.3 Å². The number of methoxy groups -OCH3 is 1. The van der Waals surface area contributed by atoms with Crippen LogP contribution in [0.4, 0.5) is 21.9 Å². The van der Waals surface area contributed by atoms with Gasteiger partial charge in [-0.25, -0.2) is 4.79 Å². The molecule has 2 saturated heterocycles. The van der Waals surface area contributed by atoms with Crippen molar-refractivity contribution in [2.75, 3.05) is 29.6 Å². The van der Waals surface area contributed by atoms with Gasteiger partial charge in [-0.3, -0.25) is 9.59 Å². The molecule has 46 heavy (non-hydrogen) atoms. The van der Waals surface area contributed by atoms with Crippen molar-refractivity contribution in [3.05, 3.63) is 89.5 Å². The molecule has 0 unspecified atom stereocenters. The van der Waals surface area contributed by atoms with E-state index in [0.717, 1.165) is 24.9 Å². The highest BCUT2D eigenvalue weighted by molar-refractivity contribution is 5.98. The molecule has 4 N–H and O–H groups in total. The number of hydrogen-bond acceptors (Lipinski definition) is 6. The van der Waals surface area contributed by atoms with Gasteiger partial charge in [0, 0.05) is 23.6 Å². The lowest BCUT2D eigenvalue weighted by atomic mass is 10.0. The lowest BCUT2D eigenvalue weighted by Crippen LogP contribution is -2.54. The fourth-order valence-electron chi connectivity index (χ4n) is 7.07. The number of likely N-dealkylation sites (tertiary alicyclic amines) is 1. The SMILES string of the molecule is COC(=O)N[C@H](C(=O)N1CCC[C@H]1C(=O)Nc1ccc([C@H]2CC[C@H](c3ccc(N)cc3)N2c2ccc(C3CC3)cc2)cc1)C(C)C. The summed E-state index contributed by atoms with van der Waals surface area (Å²) >= 11 is 0. The van der Waals surface area contributed by atoms with Crippen LogP contribution in [0.1, 0.15) is 87.1 Å². The van der Waals surface area contributed by atoms with E-state index in [4.69, 9.17) is 10.5 Å². The summed E-state index contributed by atoms with van der Waals surface area (Å²) in [5.41, 5.74) is 12.5. The molecule has 3 fully saturated rings. The van der Waals surface area contributed by atoms with Crippen molar-refractivity contribution in [2.24, 2.45) is 5.92 Å². The van der Waals surface area contributed by atoms with E-state index >= 15 is 0 Å². The molecule has 1 aliphatic carbocycles. The Kier molecular flexibility index (Phi) is 9.20. The monoisotopic (exact) mass is 623 g/mol. The number of amides is 3. The van der Waals surface area contributed by atoms with Gasteiger partial charge in [0.15, 0.2) is 0 Å². The largest absolute Gasteiger partial charge is 0.453 e. The van der Waals surface area contributed by atoms with Crippen LogP contribution in [0, 0.1) is 5.92 Å². The van der Waals surface area contributed by atoms with Crippen LogP contribution in [0.15, 0.2) is 72.8 Å². The number of carbonyl (C=O) groups is 3. The third-order valence-electron chi connectivity index (χ3n) is 9.74. The molecule has 242 valence electrons. The number of hydrogen-bond donors (Lipinski definition) is 3. The van der Waals surface area contributed by atoms with Gasteiger partial charge in [0.05, 0.1) is 19.2 Å². The molecule has 4 atom stereocenters. The summed E-state index contributed by atoms with van der Waals surface area (Å²) in [6.45, 7) is 4.19. The Labute approximate surface area is 271 Å². The third kappa shape index (κ3) is 6.69. The Hall–Kier alpha value is -4.53. The van der Waals surface area contributed by atoms with Gasteiger partial charge in [0.25, 0.3) is 0 Å². The second kappa shape index (κ2) is 13.4. The Balaban J connectivity index is 1.17. The first-order valence-electron chi connectivity index (χ1n) is 16.5. The summed E-state index contributed by atoms with van der Waals surface area (Å²) in [5, 5.41) is 5.67. The zero-order chi connectivity index (χ0) is 32.4. The second-order valence-electron chi connectivity index (χ2n) is 13.2. The Morgan fingerprint density at radius 3 is 1.96 bits per heavy atom. The maximum atomic E-state index is 13.4. The van der Waals surface area contributed by atoms with E-state index in [0.29, 0.717) is 24.6 Å². The second-order valence-corrected chi connectivity index (χ2v) is 13.2. The zero-order valence-electron chi connectivity index (χ0n) is 26.9. The van der Waals surface area contributed by atoms with E-state index in [1.54, 1.807) is 4.90 Å². The number of rotatable bonds is 9.